The van der Waals surface area contributed by atoms with Crippen molar-refractivity contribution in [3.8, 4) is 11.1 Å². The van der Waals surface area contributed by atoms with Crippen LogP contribution in [0.3, 0.4) is 0 Å². The Labute approximate surface area is 208 Å². The number of carbonyl (C=O) groups is 1. The molecule has 2 amide bonds. The molecule has 0 aliphatic carbocycles. The number of likely N-dealkylation sites (N-methyl/N-ethyl adjacent to an activating group) is 1. The van der Waals surface area contributed by atoms with Gasteiger partial charge in [0.05, 0.1) is 5.60 Å². The van der Waals surface area contributed by atoms with Gasteiger partial charge in [0.25, 0.3) is 0 Å². The van der Waals surface area contributed by atoms with Crippen molar-refractivity contribution >= 4 is 6.03 Å². The summed E-state index contributed by atoms with van der Waals surface area (Å²) in [5.41, 5.74) is 0.689. The molecule has 6 nitrogen and oxygen atoms in total. The molecule has 3 N–H and O–H groups in total. The van der Waals surface area contributed by atoms with Gasteiger partial charge in [-0.3, -0.25) is 0 Å². The largest absolute Gasteiger partial charge is 0.385 e. The molecule has 1 aliphatic rings. The number of amides is 2. The first-order chi connectivity index (χ1) is 16.9. The van der Waals surface area contributed by atoms with Gasteiger partial charge in [0.1, 0.15) is 5.82 Å². The fourth-order valence-electron chi connectivity index (χ4n) is 5.19. The van der Waals surface area contributed by atoms with Gasteiger partial charge in [0.15, 0.2) is 0 Å². The molecule has 1 fully saturated rings. The number of urea groups is 1. The monoisotopic (exact) mass is 485 g/mol. The van der Waals surface area contributed by atoms with E-state index in [1.54, 1.807) is 19.2 Å². The number of aliphatic hydroxyl groups is 1. The van der Waals surface area contributed by atoms with E-state index in [-0.39, 0.29) is 23.8 Å². The molecule has 3 atom stereocenters. The molecule has 3 rings (SSSR count). The molecule has 0 saturated carbocycles. The summed E-state index contributed by atoms with van der Waals surface area (Å²) in [4.78, 5) is 14.8. The highest BCUT2D eigenvalue weighted by molar-refractivity contribution is 5.74. The second-order valence-electron chi connectivity index (χ2n) is 9.59. The lowest BCUT2D eigenvalue weighted by molar-refractivity contribution is -0.0559. The molecule has 1 saturated heterocycles. The fourth-order valence-corrected chi connectivity index (χ4v) is 5.19. The number of likely N-dealkylation sites (tertiary alicyclic amines) is 1. The van der Waals surface area contributed by atoms with Gasteiger partial charge in [0.2, 0.25) is 0 Å². The second-order valence-corrected chi connectivity index (χ2v) is 9.59. The van der Waals surface area contributed by atoms with E-state index in [0.717, 1.165) is 31.2 Å². The number of benzene rings is 2. The lowest BCUT2D eigenvalue weighted by atomic mass is 9.72. The molecule has 0 bridgehead atoms. The first kappa shape index (κ1) is 27.1. The van der Waals surface area contributed by atoms with E-state index < -0.39 is 5.60 Å². The Balaban J connectivity index is 1.93. The van der Waals surface area contributed by atoms with Crippen LogP contribution in [0.1, 0.15) is 44.6 Å². The third kappa shape index (κ3) is 6.81. The highest BCUT2D eigenvalue weighted by Crippen LogP contribution is 2.44. The van der Waals surface area contributed by atoms with E-state index in [0.29, 0.717) is 43.8 Å². The van der Waals surface area contributed by atoms with E-state index >= 15 is 0 Å². The Morgan fingerprint density at radius 1 is 1.20 bits per heavy atom. The first-order valence-corrected chi connectivity index (χ1v) is 12.7. The molecule has 1 heterocycles. The number of ether oxygens (including phenoxy) is 1. The maximum atomic E-state index is 14.8. The molecule has 0 radical (unpaired) electrons. The van der Waals surface area contributed by atoms with Gasteiger partial charge in [-0.05, 0) is 63.3 Å². The Kier molecular flexibility index (Phi) is 10.1. The number of methoxy groups -OCH3 is 1. The molecule has 3 unspecified atom stereocenters. The van der Waals surface area contributed by atoms with Gasteiger partial charge < -0.3 is 25.4 Å². The number of halogens is 1. The third-order valence-corrected chi connectivity index (χ3v) is 6.98. The van der Waals surface area contributed by atoms with Crippen LogP contribution in [0.5, 0.6) is 0 Å². The summed E-state index contributed by atoms with van der Waals surface area (Å²) >= 11 is 0. The highest BCUT2D eigenvalue weighted by Gasteiger charge is 2.42. The minimum absolute atomic E-state index is 0.00239. The maximum Gasteiger partial charge on any atom is 0.317 e. The maximum absolute atomic E-state index is 14.8. The average molecular weight is 486 g/mol. The van der Waals surface area contributed by atoms with E-state index in [1.807, 2.05) is 49.2 Å². The molecular weight excluding hydrogens is 445 g/mol. The summed E-state index contributed by atoms with van der Waals surface area (Å²) in [5.74, 6) is -0.484. The summed E-state index contributed by atoms with van der Waals surface area (Å²) in [6, 6.07) is 14.1. The van der Waals surface area contributed by atoms with Gasteiger partial charge in [0, 0.05) is 50.9 Å². The van der Waals surface area contributed by atoms with Crippen LogP contribution in [0.2, 0.25) is 0 Å². The molecule has 2 aromatic carbocycles. The SMILES string of the molecule is CNCC(C)NC(=O)N1CCCC(C(O)(CCCCOC)c2ccccc2-c2ccccc2F)C1. The third-order valence-electron chi connectivity index (χ3n) is 6.98. The predicted octanol–water partition coefficient (Wildman–Crippen LogP) is 4.53. The Morgan fingerprint density at radius 3 is 2.63 bits per heavy atom. The molecule has 2 aromatic rings. The zero-order valence-electron chi connectivity index (χ0n) is 21.2. The van der Waals surface area contributed by atoms with Crippen molar-refractivity contribution in [1.29, 1.82) is 0 Å². The second kappa shape index (κ2) is 13.0. The molecule has 192 valence electrons. The summed E-state index contributed by atoms with van der Waals surface area (Å²) in [6.45, 7) is 4.37. The van der Waals surface area contributed by atoms with Crippen LogP contribution < -0.4 is 10.6 Å². The smallest absolute Gasteiger partial charge is 0.317 e. The van der Waals surface area contributed by atoms with Crippen molar-refractivity contribution in [3.63, 3.8) is 0 Å². The van der Waals surface area contributed by atoms with Gasteiger partial charge in [-0.1, -0.05) is 42.5 Å². The standard InChI is InChI=1S/C28H40FN3O3/c1-21(19-30-2)31-27(33)32-17-10-11-22(20-32)28(34,16-8-9-18-35-3)25-14-6-4-12-23(25)24-13-5-7-15-26(24)29/h4-7,12-15,21-22,30,34H,8-11,16-20H2,1-3H3,(H,31,33). The van der Waals surface area contributed by atoms with Gasteiger partial charge in [-0.15, -0.1) is 0 Å². The molecular formula is C28H40FN3O3. The van der Waals surface area contributed by atoms with Crippen LogP contribution in [0.15, 0.2) is 48.5 Å². The number of nitrogens with one attached hydrogen (secondary N) is 2. The Bertz CT molecular complexity index is 957. The molecule has 7 heteroatoms. The fraction of sp³-hybridized carbons (Fsp3) is 0.536. The normalized spacial score (nSPS) is 18.7. The van der Waals surface area contributed by atoms with Gasteiger partial charge in [-0.25, -0.2) is 9.18 Å². The summed E-state index contributed by atoms with van der Waals surface area (Å²) < 4.78 is 20.1. The quantitative estimate of drug-likeness (QED) is 0.409. The molecule has 1 aliphatic heterocycles. The van der Waals surface area contributed by atoms with Crippen LogP contribution in [-0.2, 0) is 10.3 Å². The zero-order valence-corrected chi connectivity index (χ0v) is 21.2. The van der Waals surface area contributed by atoms with Crippen molar-refractivity contribution < 1.29 is 19.0 Å². The van der Waals surface area contributed by atoms with Gasteiger partial charge >= 0.3 is 6.03 Å². The van der Waals surface area contributed by atoms with Gasteiger partial charge in [-0.2, -0.15) is 0 Å². The van der Waals surface area contributed by atoms with E-state index in [4.69, 9.17) is 4.74 Å². The molecule has 35 heavy (non-hydrogen) atoms. The average Bonchev–Trinajstić information content (AvgIpc) is 2.87. The van der Waals surface area contributed by atoms with Crippen molar-refractivity contribution in [2.24, 2.45) is 5.92 Å². The lowest BCUT2D eigenvalue weighted by Crippen LogP contribution is -2.53. The van der Waals surface area contributed by atoms with Crippen molar-refractivity contribution in [2.45, 2.75) is 50.7 Å². The number of unbranched alkanes of at least 4 members (excludes halogenated alkanes) is 1. The first-order valence-electron chi connectivity index (χ1n) is 12.7. The van der Waals surface area contributed by atoms with E-state index in [9.17, 15) is 14.3 Å². The minimum atomic E-state index is -1.21. The van der Waals surface area contributed by atoms with Crippen molar-refractivity contribution in [3.05, 3.63) is 59.9 Å². The molecule has 0 aromatic heterocycles. The number of piperidine rings is 1. The number of carbonyl (C=O) groups excluding carboxylic acids is 1. The zero-order chi connectivity index (χ0) is 25.3. The van der Waals surface area contributed by atoms with Crippen molar-refractivity contribution in [1.82, 2.24) is 15.5 Å². The lowest BCUT2D eigenvalue weighted by Gasteiger charge is -2.43. The number of hydrogen-bond acceptors (Lipinski definition) is 4. The number of rotatable bonds is 11. The summed E-state index contributed by atoms with van der Waals surface area (Å²) in [7, 11) is 3.53. The Hall–Kier alpha value is -2.48. The van der Waals surface area contributed by atoms with Crippen LogP contribution in [0.25, 0.3) is 11.1 Å². The molecule has 0 spiro atoms. The van der Waals surface area contributed by atoms with Crippen LogP contribution in [-0.4, -0.2) is 62.5 Å². The number of hydrogen-bond donors (Lipinski definition) is 3. The van der Waals surface area contributed by atoms with E-state index in [2.05, 4.69) is 10.6 Å². The predicted molar refractivity (Wildman–Crippen MR) is 138 cm³/mol. The van der Waals surface area contributed by atoms with Crippen LogP contribution in [0.4, 0.5) is 9.18 Å². The Morgan fingerprint density at radius 2 is 1.91 bits per heavy atom. The number of nitrogens with zero attached hydrogens (tertiary/aromatic N) is 1. The van der Waals surface area contributed by atoms with Crippen molar-refractivity contribution in [2.75, 3.05) is 40.4 Å². The van der Waals surface area contributed by atoms with E-state index in [1.165, 1.54) is 6.07 Å². The van der Waals surface area contributed by atoms with Crippen LogP contribution >= 0.6 is 0 Å². The van der Waals surface area contributed by atoms with Crippen LogP contribution in [0, 0.1) is 11.7 Å². The summed E-state index contributed by atoms with van der Waals surface area (Å²) in [6.07, 6.45) is 3.69. The minimum Gasteiger partial charge on any atom is -0.385 e. The summed E-state index contributed by atoms with van der Waals surface area (Å²) in [5, 5.41) is 18.5. The highest BCUT2D eigenvalue weighted by atomic mass is 19.1. The topological polar surface area (TPSA) is 73.8 Å².